The molecule has 130 valence electrons. The Morgan fingerprint density at radius 1 is 1.24 bits per heavy atom. The van der Waals surface area contributed by atoms with E-state index in [1.165, 1.54) is 0 Å². The van der Waals surface area contributed by atoms with Gasteiger partial charge in [-0.15, -0.1) is 0 Å². The second-order valence-corrected chi connectivity index (χ2v) is 7.25. The number of nitrogens with zero attached hydrogens (tertiary/aromatic N) is 1. The summed E-state index contributed by atoms with van der Waals surface area (Å²) in [5, 5.41) is 2.86. The maximum Gasteiger partial charge on any atom is 0.265 e. The van der Waals surface area contributed by atoms with Gasteiger partial charge in [0.25, 0.3) is 11.8 Å². The molecular weight excluding hydrogens is 384 g/mol. The van der Waals surface area contributed by atoms with Crippen molar-refractivity contribution in [3.8, 4) is 5.75 Å². The van der Waals surface area contributed by atoms with E-state index < -0.39 is 0 Å². The fraction of sp³-hybridized carbons (Fsp3) is 0.263. The lowest BCUT2D eigenvalue weighted by Crippen LogP contribution is -2.40. The molecule has 0 atom stereocenters. The van der Waals surface area contributed by atoms with E-state index in [2.05, 4.69) is 35.1 Å². The first kappa shape index (κ1) is 17.5. The minimum atomic E-state index is -0.196. The van der Waals surface area contributed by atoms with Gasteiger partial charge in [0.1, 0.15) is 5.75 Å². The molecule has 0 fully saturated rings. The molecule has 2 aromatic carbocycles. The largest absolute Gasteiger partial charge is 0.481 e. The van der Waals surface area contributed by atoms with Crippen molar-refractivity contribution >= 4 is 39.1 Å². The van der Waals surface area contributed by atoms with E-state index in [1.807, 2.05) is 18.2 Å². The summed E-state index contributed by atoms with van der Waals surface area (Å²) in [7, 11) is 0. The van der Waals surface area contributed by atoms with Crippen LogP contribution in [0.15, 0.2) is 46.9 Å². The van der Waals surface area contributed by atoms with Crippen molar-refractivity contribution in [2.75, 3.05) is 23.4 Å². The van der Waals surface area contributed by atoms with Gasteiger partial charge in [0.05, 0.1) is 5.69 Å². The molecule has 0 saturated carbocycles. The predicted molar refractivity (Wildman–Crippen MR) is 101 cm³/mol. The highest BCUT2D eigenvalue weighted by Gasteiger charge is 2.26. The molecule has 6 heteroatoms. The third-order valence-electron chi connectivity index (χ3n) is 3.81. The summed E-state index contributed by atoms with van der Waals surface area (Å²) in [5.41, 5.74) is 1.94. The zero-order valence-corrected chi connectivity index (χ0v) is 15.7. The Morgan fingerprint density at radius 2 is 1.96 bits per heavy atom. The van der Waals surface area contributed by atoms with Crippen molar-refractivity contribution in [2.45, 2.75) is 13.8 Å². The molecule has 5 nitrogen and oxygen atoms in total. The molecule has 0 aliphatic carbocycles. The average Bonchev–Trinajstić information content (AvgIpc) is 2.57. The molecule has 0 radical (unpaired) electrons. The number of nitrogens with one attached hydrogen (secondary N) is 1. The van der Waals surface area contributed by atoms with E-state index >= 15 is 0 Å². The van der Waals surface area contributed by atoms with E-state index in [9.17, 15) is 9.59 Å². The quantitative estimate of drug-likeness (QED) is 0.837. The van der Waals surface area contributed by atoms with Crippen LogP contribution in [0, 0.1) is 5.92 Å². The van der Waals surface area contributed by atoms with Gasteiger partial charge < -0.3 is 15.0 Å². The first-order valence-corrected chi connectivity index (χ1v) is 8.87. The van der Waals surface area contributed by atoms with Gasteiger partial charge in [-0.1, -0.05) is 29.8 Å². The first-order chi connectivity index (χ1) is 11.9. The maximum absolute atomic E-state index is 12.3. The summed E-state index contributed by atoms with van der Waals surface area (Å²) in [6.07, 6.45) is 0. The van der Waals surface area contributed by atoms with Crippen LogP contribution in [0.3, 0.4) is 0 Å². The average molecular weight is 403 g/mol. The monoisotopic (exact) mass is 402 g/mol. The highest BCUT2D eigenvalue weighted by atomic mass is 79.9. The summed E-state index contributed by atoms with van der Waals surface area (Å²) in [5.74, 6) is 0.715. The van der Waals surface area contributed by atoms with Crippen molar-refractivity contribution in [3.05, 3.63) is 52.5 Å². The summed E-state index contributed by atoms with van der Waals surface area (Å²) in [6, 6.07) is 12.5. The molecule has 0 aromatic heterocycles. The molecule has 1 aliphatic heterocycles. The van der Waals surface area contributed by atoms with Crippen LogP contribution in [0.25, 0.3) is 0 Å². The molecule has 0 saturated heterocycles. The smallest absolute Gasteiger partial charge is 0.265 e. The number of halogens is 1. The highest BCUT2D eigenvalue weighted by molar-refractivity contribution is 9.10. The number of carbonyl (C=O) groups excluding carboxylic acids is 2. The van der Waals surface area contributed by atoms with Crippen molar-refractivity contribution in [3.63, 3.8) is 0 Å². The van der Waals surface area contributed by atoms with Crippen LogP contribution < -0.4 is 15.0 Å². The molecule has 0 spiro atoms. The molecule has 1 N–H and O–H groups in total. The fourth-order valence-electron chi connectivity index (χ4n) is 2.65. The number of carbonyl (C=O) groups is 2. The Hall–Kier alpha value is -2.34. The van der Waals surface area contributed by atoms with Crippen LogP contribution in [0.1, 0.15) is 24.2 Å². The second-order valence-electron chi connectivity index (χ2n) is 6.33. The zero-order valence-electron chi connectivity index (χ0n) is 14.1. The number of hydrogen-bond acceptors (Lipinski definition) is 3. The Bertz CT molecular complexity index is 803. The van der Waals surface area contributed by atoms with Crippen LogP contribution >= 0.6 is 15.9 Å². The number of rotatable bonds is 4. The van der Waals surface area contributed by atoms with Gasteiger partial charge in [-0.05, 0) is 42.3 Å². The highest BCUT2D eigenvalue weighted by Crippen LogP contribution is 2.35. The topological polar surface area (TPSA) is 58.6 Å². The van der Waals surface area contributed by atoms with Gasteiger partial charge in [-0.3, -0.25) is 9.59 Å². The number of anilines is 2. The van der Waals surface area contributed by atoms with Gasteiger partial charge in [0.15, 0.2) is 6.61 Å². The van der Waals surface area contributed by atoms with Crippen molar-refractivity contribution in [1.29, 1.82) is 0 Å². The lowest BCUT2D eigenvalue weighted by atomic mass is 10.1. The molecule has 1 heterocycles. The van der Waals surface area contributed by atoms with Gasteiger partial charge in [0, 0.05) is 28.3 Å². The molecule has 2 aromatic rings. The van der Waals surface area contributed by atoms with Crippen LogP contribution in [0.5, 0.6) is 5.75 Å². The Balaban J connectivity index is 1.80. The normalized spacial score (nSPS) is 13.4. The SMILES string of the molecule is CC(C)CN1C(=O)COc2cc(NC(=O)c3ccc(Br)cc3)ccc21. The standard InChI is InChI=1S/C19H19BrN2O3/c1-12(2)10-22-16-8-7-15(9-17(16)25-11-18(22)23)21-19(24)13-3-5-14(20)6-4-13/h3-9,12H,10-11H2,1-2H3,(H,21,24). The molecular formula is C19H19BrN2O3. The minimum Gasteiger partial charge on any atom is -0.481 e. The Morgan fingerprint density at radius 3 is 2.64 bits per heavy atom. The Labute approximate surface area is 155 Å². The van der Waals surface area contributed by atoms with E-state index in [4.69, 9.17) is 4.74 Å². The van der Waals surface area contributed by atoms with Gasteiger partial charge in [0.2, 0.25) is 0 Å². The molecule has 25 heavy (non-hydrogen) atoms. The zero-order chi connectivity index (χ0) is 18.0. The van der Waals surface area contributed by atoms with Crippen molar-refractivity contribution in [2.24, 2.45) is 5.92 Å². The van der Waals surface area contributed by atoms with Crippen LogP contribution in [-0.4, -0.2) is 25.0 Å². The first-order valence-electron chi connectivity index (χ1n) is 8.08. The summed E-state index contributed by atoms with van der Waals surface area (Å²) in [6.45, 7) is 4.79. The summed E-state index contributed by atoms with van der Waals surface area (Å²) >= 11 is 3.35. The molecule has 3 rings (SSSR count). The number of amides is 2. The van der Waals surface area contributed by atoms with Crippen LogP contribution in [0.2, 0.25) is 0 Å². The van der Waals surface area contributed by atoms with Gasteiger partial charge in [-0.25, -0.2) is 0 Å². The predicted octanol–water partition coefficient (Wildman–Crippen LogP) is 4.08. The van der Waals surface area contributed by atoms with Gasteiger partial charge >= 0.3 is 0 Å². The number of fused-ring (bicyclic) bond motifs is 1. The molecule has 0 unspecified atom stereocenters. The van der Waals surface area contributed by atoms with E-state index in [-0.39, 0.29) is 18.4 Å². The van der Waals surface area contributed by atoms with Gasteiger partial charge in [-0.2, -0.15) is 0 Å². The molecule has 2 amide bonds. The van der Waals surface area contributed by atoms with Crippen LogP contribution in [0.4, 0.5) is 11.4 Å². The number of benzene rings is 2. The van der Waals surface area contributed by atoms with Crippen molar-refractivity contribution < 1.29 is 14.3 Å². The third-order valence-corrected chi connectivity index (χ3v) is 4.34. The number of hydrogen-bond donors (Lipinski definition) is 1. The Kier molecular flexibility index (Phi) is 5.08. The minimum absolute atomic E-state index is 0.0177. The third kappa shape index (κ3) is 4.02. The fourth-order valence-corrected chi connectivity index (χ4v) is 2.92. The molecule has 0 bridgehead atoms. The lowest BCUT2D eigenvalue weighted by molar-refractivity contribution is -0.121. The van der Waals surface area contributed by atoms with E-state index in [1.54, 1.807) is 29.2 Å². The second kappa shape index (κ2) is 7.27. The maximum atomic E-state index is 12.3. The summed E-state index contributed by atoms with van der Waals surface area (Å²) in [4.78, 5) is 26.2. The van der Waals surface area contributed by atoms with Crippen molar-refractivity contribution in [1.82, 2.24) is 0 Å². The van der Waals surface area contributed by atoms with E-state index in [0.717, 1.165) is 10.2 Å². The van der Waals surface area contributed by atoms with Crippen LogP contribution in [-0.2, 0) is 4.79 Å². The lowest BCUT2D eigenvalue weighted by Gasteiger charge is -2.31. The molecule has 1 aliphatic rings. The van der Waals surface area contributed by atoms with E-state index in [0.29, 0.717) is 29.5 Å². The summed E-state index contributed by atoms with van der Waals surface area (Å²) < 4.78 is 6.46. The number of ether oxygens (including phenoxy) is 1.